The van der Waals surface area contributed by atoms with Gasteiger partial charge in [-0.2, -0.15) is 0 Å². The SMILES string of the molecule is CCCCCCCCCCCC(=O)c1c(C)cc(C)c(C(=O)P(=O)(c2ccccc2)c2ccccc2)c1C. The minimum absolute atomic E-state index is 0.0752. The van der Waals surface area contributed by atoms with Gasteiger partial charge in [0, 0.05) is 28.2 Å². The zero-order valence-corrected chi connectivity index (χ0v) is 24.5. The molecule has 0 heterocycles. The van der Waals surface area contributed by atoms with Gasteiger partial charge in [-0.05, 0) is 43.9 Å². The van der Waals surface area contributed by atoms with Gasteiger partial charge in [0.2, 0.25) is 12.7 Å². The smallest absolute Gasteiger partial charge is 0.230 e. The summed E-state index contributed by atoms with van der Waals surface area (Å²) >= 11 is 0. The van der Waals surface area contributed by atoms with Crippen molar-refractivity contribution in [2.45, 2.75) is 91.9 Å². The number of carbonyl (C=O) groups is 2. The molecule has 0 atom stereocenters. The first-order chi connectivity index (χ1) is 18.3. The van der Waals surface area contributed by atoms with E-state index in [-0.39, 0.29) is 5.78 Å². The third kappa shape index (κ3) is 7.00. The van der Waals surface area contributed by atoms with E-state index in [4.69, 9.17) is 0 Å². The Bertz CT molecular complexity index is 1220. The molecule has 0 unspecified atom stereocenters. The van der Waals surface area contributed by atoms with Crippen LogP contribution in [0.5, 0.6) is 0 Å². The van der Waals surface area contributed by atoms with E-state index in [2.05, 4.69) is 6.92 Å². The van der Waals surface area contributed by atoms with Gasteiger partial charge in [-0.1, -0.05) is 125 Å². The van der Waals surface area contributed by atoms with Gasteiger partial charge in [-0.15, -0.1) is 0 Å². The lowest BCUT2D eigenvalue weighted by atomic mass is 9.90. The van der Waals surface area contributed by atoms with E-state index in [0.29, 0.717) is 33.7 Å². The van der Waals surface area contributed by atoms with Crippen molar-refractivity contribution in [2.24, 2.45) is 0 Å². The summed E-state index contributed by atoms with van der Waals surface area (Å²) in [6.07, 6.45) is 11.3. The van der Waals surface area contributed by atoms with E-state index in [1.54, 1.807) is 24.3 Å². The molecule has 0 saturated heterocycles. The number of hydrogen-bond acceptors (Lipinski definition) is 3. The fraction of sp³-hybridized carbons (Fsp3) is 0.412. The highest BCUT2D eigenvalue weighted by atomic mass is 31.2. The van der Waals surface area contributed by atoms with Crippen LogP contribution in [0.1, 0.15) is 109 Å². The van der Waals surface area contributed by atoms with Crippen LogP contribution >= 0.6 is 7.14 Å². The lowest BCUT2D eigenvalue weighted by Crippen LogP contribution is -2.24. The molecule has 38 heavy (non-hydrogen) atoms. The maximum atomic E-state index is 14.7. The van der Waals surface area contributed by atoms with Gasteiger partial charge in [-0.25, -0.2) is 0 Å². The van der Waals surface area contributed by atoms with Crippen molar-refractivity contribution in [2.75, 3.05) is 0 Å². The molecule has 0 spiro atoms. The van der Waals surface area contributed by atoms with Crippen LogP contribution in [0.2, 0.25) is 0 Å². The molecule has 0 radical (unpaired) electrons. The highest BCUT2D eigenvalue weighted by Crippen LogP contribution is 2.48. The molecular weight excluding hydrogens is 487 g/mol. The summed E-state index contributed by atoms with van der Waals surface area (Å²) in [5.74, 6) is 0.0752. The normalized spacial score (nSPS) is 11.5. The summed E-state index contributed by atoms with van der Waals surface area (Å²) in [5, 5.41) is 1.02. The largest absolute Gasteiger partial charge is 0.305 e. The fourth-order valence-corrected chi connectivity index (χ4v) is 8.09. The standard InChI is InChI=1S/C34H43O3P/c1-5-6-7-8-9-10-11-12-19-24-31(35)32-26(2)25-27(3)33(28(32)4)34(36)38(37,29-20-15-13-16-21-29)30-22-17-14-18-23-30/h13-18,20-23,25H,5-12,19,24H2,1-4H3. The lowest BCUT2D eigenvalue weighted by Gasteiger charge is -2.22. The Morgan fingerprint density at radius 1 is 0.632 bits per heavy atom. The van der Waals surface area contributed by atoms with E-state index in [0.717, 1.165) is 30.4 Å². The summed E-state index contributed by atoms with van der Waals surface area (Å²) < 4.78 is 14.7. The van der Waals surface area contributed by atoms with Crippen molar-refractivity contribution >= 4 is 29.1 Å². The van der Waals surface area contributed by atoms with Crippen LogP contribution in [0.4, 0.5) is 0 Å². The van der Waals surface area contributed by atoms with Crippen molar-refractivity contribution in [1.29, 1.82) is 0 Å². The van der Waals surface area contributed by atoms with E-state index < -0.39 is 12.7 Å². The number of aryl methyl sites for hydroxylation is 2. The van der Waals surface area contributed by atoms with Gasteiger partial charge in [0.05, 0.1) is 0 Å². The molecule has 0 aliphatic heterocycles. The molecule has 0 amide bonds. The first-order valence-electron chi connectivity index (χ1n) is 14.2. The van der Waals surface area contributed by atoms with Gasteiger partial charge in [0.15, 0.2) is 5.78 Å². The van der Waals surface area contributed by atoms with E-state index in [1.165, 1.54) is 38.5 Å². The highest BCUT2D eigenvalue weighted by molar-refractivity contribution is 7.93. The van der Waals surface area contributed by atoms with Crippen molar-refractivity contribution in [3.8, 4) is 0 Å². The Labute approximate surface area is 229 Å². The molecule has 202 valence electrons. The van der Waals surface area contributed by atoms with Gasteiger partial charge in [0.25, 0.3) is 0 Å². The van der Waals surface area contributed by atoms with Crippen LogP contribution in [0.15, 0.2) is 66.7 Å². The first kappa shape index (κ1) is 29.8. The van der Waals surface area contributed by atoms with Gasteiger partial charge < -0.3 is 4.57 Å². The minimum Gasteiger partial charge on any atom is -0.305 e. The van der Waals surface area contributed by atoms with Crippen molar-refractivity contribution in [1.82, 2.24) is 0 Å². The van der Waals surface area contributed by atoms with Crippen molar-refractivity contribution in [3.63, 3.8) is 0 Å². The summed E-state index contributed by atoms with van der Waals surface area (Å²) in [6.45, 7) is 7.89. The van der Waals surface area contributed by atoms with Crippen molar-refractivity contribution in [3.05, 3.63) is 94.5 Å². The quantitative estimate of drug-likeness (QED) is 0.112. The number of carbonyl (C=O) groups excluding carboxylic acids is 2. The Hall–Kier alpha value is -2.77. The topological polar surface area (TPSA) is 51.2 Å². The third-order valence-electron chi connectivity index (χ3n) is 7.50. The predicted molar refractivity (Wildman–Crippen MR) is 161 cm³/mol. The van der Waals surface area contributed by atoms with Crippen LogP contribution in [0, 0.1) is 20.8 Å². The Kier molecular flexibility index (Phi) is 11.3. The Morgan fingerprint density at radius 3 is 1.58 bits per heavy atom. The van der Waals surface area contributed by atoms with Gasteiger partial charge in [0.1, 0.15) is 0 Å². The monoisotopic (exact) mass is 530 g/mol. The number of ketones is 1. The average Bonchev–Trinajstić information content (AvgIpc) is 2.92. The van der Waals surface area contributed by atoms with Crippen LogP contribution in [0.25, 0.3) is 0 Å². The molecular formula is C34H43O3P. The number of hydrogen-bond donors (Lipinski definition) is 0. The lowest BCUT2D eigenvalue weighted by molar-refractivity contribution is 0.0978. The van der Waals surface area contributed by atoms with Gasteiger partial charge in [-0.3, -0.25) is 9.59 Å². The molecule has 3 nitrogen and oxygen atoms in total. The highest BCUT2D eigenvalue weighted by Gasteiger charge is 2.38. The molecule has 0 saturated carbocycles. The van der Waals surface area contributed by atoms with E-state index in [9.17, 15) is 14.2 Å². The zero-order chi connectivity index (χ0) is 27.5. The molecule has 0 bridgehead atoms. The van der Waals surface area contributed by atoms with Crippen molar-refractivity contribution < 1.29 is 14.2 Å². The van der Waals surface area contributed by atoms with Crippen LogP contribution < -0.4 is 10.6 Å². The number of benzene rings is 3. The molecule has 0 aromatic heterocycles. The molecule has 3 rings (SSSR count). The summed E-state index contributed by atoms with van der Waals surface area (Å²) in [6, 6.07) is 19.9. The summed E-state index contributed by atoms with van der Waals surface area (Å²) in [5.41, 5.74) is 2.93. The van der Waals surface area contributed by atoms with E-state index in [1.807, 2.05) is 63.2 Å². The molecule has 0 N–H and O–H groups in total. The van der Waals surface area contributed by atoms with Crippen LogP contribution in [-0.2, 0) is 4.57 Å². The van der Waals surface area contributed by atoms with Crippen LogP contribution in [-0.4, -0.2) is 11.3 Å². The maximum absolute atomic E-state index is 14.7. The number of Topliss-reactive ketones (excluding diaryl/α,β-unsaturated/α-hetero) is 1. The minimum atomic E-state index is -3.65. The summed E-state index contributed by atoms with van der Waals surface area (Å²) in [4.78, 5) is 27.6. The van der Waals surface area contributed by atoms with Gasteiger partial charge >= 0.3 is 0 Å². The predicted octanol–water partition coefficient (Wildman–Crippen LogP) is 8.87. The average molecular weight is 531 g/mol. The fourth-order valence-electron chi connectivity index (χ4n) is 5.48. The van der Waals surface area contributed by atoms with E-state index >= 15 is 0 Å². The second kappa shape index (κ2) is 14.4. The number of rotatable bonds is 15. The zero-order valence-electron chi connectivity index (χ0n) is 23.6. The Morgan fingerprint density at radius 2 is 1.08 bits per heavy atom. The number of unbranched alkanes of at least 4 members (excludes halogenated alkanes) is 8. The molecule has 0 fully saturated rings. The third-order valence-corrected chi connectivity index (χ3v) is 10.3. The van der Waals surface area contributed by atoms with Crippen LogP contribution in [0.3, 0.4) is 0 Å². The molecule has 0 aliphatic rings. The second-order valence-corrected chi connectivity index (χ2v) is 13.1. The molecule has 3 aromatic carbocycles. The molecule has 3 aromatic rings. The summed E-state index contributed by atoms with van der Waals surface area (Å²) in [7, 11) is -3.65. The first-order valence-corrected chi connectivity index (χ1v) is 15.9. The molecule has 0 aliphatic carbocycles. The molecule has 4 heteroatoms. The Balaban J connectivity index is 1.84. The second-order valence-electron chi connectivity index (χ2n) is 10.5. The maximum Gasteiger partial charge on any atom is 0.230 e.